The zero-order chi connectivity index (χ0) is 17.1. The number of anilines is 1. The molecular formula is C15H16N8O. The van der Waals surface area contributed by atoms with Crippen molar-refractivity contribution in [3.63, 3.8) is 0 Å². The van der Waals surface area contributed by atoms with Crippen LogP contribution in [0.1, 0.15) is 27.4 Å². The predicted octanol–water partition coefficient (Wildman–Crippen LogP) is 0.581. The van der Waals surface area contributed by atoms with E-state index in [0.717, 1.165) is 11.3 Å². The van der Waals surface area contributed by atoms with Crippen LogP contribution in [-0.4, -0.2) is 35.9 Å². The van der Waals surface area contributed by atoms with Crippen molar-refractivity contribution in [3.05, 3.63) is 53.4 Å². The summed E-state index contributed by atoms with van der Waals surface area (Å²) < 4.78 is 1.44. The van der Waals surface area contributed by atoms with E-state index < -0.39 is 5.91 Å². The van der Waals surface area contributed by atoms with Gasteiger partial charge in [-0.25, -0.2) is 14.6 Å². The number of nitrogen functional groups attached to an aromatic ring is 1. The number of nitrogens with one attached hydrogen (secondary N) is 1. The average Bonchev–Trinajstić information content (AvgIpc) is 3.10. The molecule has 0 aliphatic carbocycles. The van der Waals surface area contributed by atoms with E-state index in [9.17, 15) is 4.79 Å². The van der Waals surface area contributed by atoms with Gasteiger partial charge in [0, 0.05) is 6.20 Å². The third kappa shape index (κ3) is 3.05. The van der Waals surface area contributed by atoms with Gasteiger partial charge < -0.3 is 11.1 Å². The lowest BCUT2D eigenvalue weighted by atomic mass is 10.2. The Bertz CT molecular complexity index is 875. The molecule has 1 amide bonds. The van der Waals surface area contributed by atoms with Crippen LogP contribution >= 0.6 is 0 Å². The summed E-state index contributed by atoms with van der Waals surface area (Å²) in [6.45, 7) is 3.94. The summed E-state index contributed by atoms with van der Waals surface area (Å²) in [5, 5.41) is 10.3. The van der Waals surface area contributed by atoms with Gasteiger partial charge in [-0.15, -0.1) is 5.10 Å². The second-order valence-electron chi connectivity index (χ2n) is 5.16. The number of nitrogens with zero attached hydrogens (tertiary/aromatic N) is 6. The van der Waals surface area contributed by atoms with Gasteiger partial charge in [0.25, 0.3) is 5.91 Å². The van der Waals surface area contributed by atoms with Gasteiger partial charge >= 0.3 is 0 Å². The molecule has 9 heteroatoms. The van der Waals surface area contributed by atoms with Crippen LogP contribution in [0.15, 0.2) is 30.7 Å². The summed E-state index contributed by atoms with van der Waals surface area (Å²) >= 11 is 0. The predicted molar refractivity (Wildman–Crippen MR) is 86.2 cm³/mol. The Hall–Kier alpha value is -3.36. The molecule has 122 valence electrons. The van der Waals surface area contributed by atoms with Gasteiger partial charge in [0.2, 0.25) is 0 Å². The standard InChI is InChI=1S/C15H16N8O/c1-9-4-3-5-17-11(9)8-18-15(24)12-13(16)21-14(10(2)20-12)23-7-6-19-22-23/h3-7H,8H2,1-2H3,(H2,16,21)(H,18,24). The maximum absolute atomic E-state index is 12.3. The molecule has 24 heavy (non-hydrogen) atoms. The first-order chi connectivity index (χ1) is 11.6. The van der Waals surface area contributed by atoms with Crippen molar-refractivity contribution in [1.29, 1.82) is 0 Å². The van der Waals surface area contributed by atoms with E-state index in [2.05, 4.69) is 30.6 Å². The number of aryl methyl sites for hydroxylation is 2. The molecule has 0 radical (unpaired) electrons. The maximum Gasteiger partial charge on any atom is 0.274 e. The molecule has 9 nitrogen and oxygen atoms in total. The lowest BCUT2D eigenvalue weighted by Gasteiger charge is -2.10. The average molecular weight is 324 g/mol. The van der Waals surface area contributed by atoms with Crippen molar-refractivity contribution in [2.24, 2.45) is 0 Å². The molecule has 3 heterocycles. The highest BCUT2D eigenvalue weighted by atomic mass is 16.1. The van der Waals surface area contributed by atoms with E-state index in [-0.39, 0.29) is 18.1 Å². The Morgan fingerprint density at radius 1 is 1.29 bits per heavy atom. The molecule has 0 saturated heterocycles. The second kappa shape index (κ2) is 6.41. The van der Waals surface area contributed by atoms with E-state index in [1.54, 1.807) is 19.3 Å². The highest BCUT2D eigenvalue weighted by molar-refractivity contribution is 5.96. The Morgan fingerprint density at radius 3 is 2.83 bits per heavy atom. The first kappa shape index (κ1) is 15.5. The van der Waals surface area contributed by atoms with Crippen LogP contribution in [0, 0.1) is 13.8 Å². The number of hydrogen-bond acceptors (Lipinski definition) is 7. The summed E-state index contributed by atoms with van der Waals surface area (Å²) in [7, 11) is 0. The fraction of sp³-hybridized carbons (Fsp3) is 0.200. The summed E-state index contributed by atoms with van der Waals surface area (Å²) in [6, 6.07) is 3.77. The van der Waals surface area contributed by atoms with Crippen molar-refractivity contribution in [2.75, 3.05) is 5.73 Å². The molecule has 0 bridgehead atoms. The third-order valence-corrected chi connectivity index (χ3v) is 3.46. The monoisotopic (exact) mass is 324 g/mol. The number of carbonyl (C=O) groups excluding carboxylic acids is 1. The van der Waals surface area contributed by atoms with Crippen LogP contribution in [0.3, 0.4) is 0 Å². The lowest BCUT2D eigenvalue weighted by Crippen LogP contribution is -2.27. The van der Waals surface area contributed by atoms with Crippen molar-refractivity contribution in [1.82, 2.24) is 35.3 Å². The van der Waals surface area contributed by atoms with Crippen molar-refractivity contribution in [3.8, 4) is 5.82 Å². The first-order valence-electron chi connectivity index (χ1n) is 7.25. The highest BCUT2D eigenvalue weighted by Crippen LogP contribution is 2.14. The smallest absolute Gasteiger partial charge is 0.274 e. The maximum atomic E-state index is 12.3. The normalized spacial score (nSPS) is 10.6. The summed E-state index contributed by atoms with van der Waals surface area (Å²) in [5.41, 5.74) is 8.26. The molecule has 0 aromatic carbocycles. The minimum atomic E-state index is -0.404. The molecule has 0 spiro atoms. The molecule has 3 rings (SSSR count). The number of pyridine rings is 1. The van der Waals surface area contributed by atoms with E-state index >= 15 is 0 Å². The lowest BCUT2D eigenvalue weighted by molar-refractivity contribution is 0.0946. The van der Waals surface area contributed by atoms with Crippen molar-refractivity contribution < 1.29 is 4.79 Å². The number of hydrogen-bond donors (Lipinski definition) is 2. The first-order valence-corrected chi connectivity index (χ1v) is 7.25. The van der Waals surface area contributed by atoms with Crippen LogP contribution in [0.2, 0.25) is 0 Å². The molecular weight excluding hydrogens is 308 g/mol. The minimum Gasteiger partial charge on any atom is -0.382 e. The largest absolute Gasteiger partial charge is 0.382 e. The number of carbonyl (C=O) groups is 1. The Labute approximate surface area is 138 Å². The quantitative estimate of drug-likeness (QED) is 0.719. The molecule has 0 aliphatic heterocycles. The van der Waals surface area contributed by atoms with Crippen LogP contribution in [0.4, 0.5) is 5.82 Å². The minimum absolute atomic E-state index is 0.0290. The van der Waals surface area contributed by atoms with Crippen LogP contribution in [-0.2, 0) is 6.54 Å². The second-order valence-corrected chi connectivity index (χ2v) is 5.16. The molecule has 3 aromatic heterocycles. The van der Waals surface area contributed by atoms with Gasteiger partial charge in [-0.05, 0) is 25.5 Å². The Morgan fingerprint density at radius 2 is 2.12 bits per heavy atom. The topological polar surface area (TPSA) is 124 Å². The molecule has 0 unspecified atom stereocenters. The molecule has 0 fully saturated rings. The van der Waals surface area contributed by atoms with Gasteiger partial charge in [0.05, 0.1) is 30.3 Å². The van der Waals surface area contributed by atoms with Gasteiger partial charge in [0.15, 0.2) is 17.3 Å². The van der Waals surface area contributed by atoms with E-state index in [0.29, 0.717) is 11.5 Å². The van der Waals surface area contributed by atoms with Gasteiger partial charge in [0.1, 0.15) is 0 Å². The number of amides is 1. The fourth-order valence-electron chi connectivity index (χ4n) is 2.18. The van der Waals surface area contributed by atoms with E-state index in [1.807, 2.05) is 19.1 Å². The Kier molecular flexibility index (Phi) is 4.15. The number of aromatic nitrogens is 6. The van der Waals surface area contributed by atoms with Gasteiger partial charge in [-0.1, -0.05) is 11.3 Å². The zero-order valence-corrected chi connectivity index (χ0v) is 13.3. The summed E-state index contributed by atoms with van der Waals surface area (Å²) in [6.07, 6.45) is 4.83. The van der Waals surface area contributed by atoms with Crippen molar-refractivity contribution in [2.45, 2.75) is 20.4 Å². The molecule has 0 aliphatic rings. The summed E-state index contributed by atoms with van der Waals surface area (Å²) in [4.78, 5) is 25.0. The van der Waals surface area contributed by atoms with Crippen molar-refractivity contribution >= 4 is 11.7 Å². The van der Waals surface area contributed by atoms with Gasteiger partial charge in [-0.2, -0.15) is 0 Å². The van der Waals surface area contributed by atoms with Crippen LogP contribution in [0.5, 0.6) is 0 Å². The highest BCUT2D eigenvalue weighted by Gasteiger charge is 2.17. The SMILES string of the molecule is Cc1cccnc1CNC(=O)c1nc(C)c(-n2ccnn2)nc1N. The van der Waals surface area contributed by atoms with E-state index in [1.165, 1.54) is 10.9 Å². The third-order valence-electron chi connectivity index (χ3n) is 3.46. The molecule has 3 aromatic rings. The molecule has 0 saturated carbocycles. The van der Waals surface area contributed by atoms with E-state index in [4.69, 9.17) is 5.73 Å². The van der Waals surface area contributed by atoms with Crippen LogP contribution in [0.25, 0.3) is 5.82 Å². The Balaban J connectivity index is 1.80. The molecule has 3 N–H and O–H groups in total. The van der Waals surface area contributed by atoms with Crippen LogP contribution < -0.4 is 11.1 Å². The fourth-order valence-corrected chi connectivity index (χ4v) is 2.18. The van der Waals surface area contributed by atoms with Gasteiger partial charge in [-0.3, -0.25) is 9.78 Å². The number of rotatable bonds is 4. The molecule has 0 atom stereocenters. The zero-order valence-electron chi connectivity index (χ0n) is 13.3. The summed E-state index contributed by atoms with van der Waals surface area (Å²) in [5.74, 6) is 0.0572. The number of nitrogens with two attached hydrogens (primary N) is 1.